The van der Waals surface area contributed by atoms with Crippen LogP contribution in [0.5, 0.6) is 0 Å². The van der Waals surface area contributed by atoms with Crippen LogP contribution < -0.4 is 0 Å². The standard InChI is InChI=1S/C16H23N3/c1-18(2)15-9-6-12-19(13-15)16(10-11-17)14-7-4-3-5-8-14/h3-5,7-8,15-16H,6,9-10,12-13H2,1-2H3. The van der Waals surface area contributed by atoms with Crippen molar-refractivity contribution in [1.82, 2.24) is 9.80 Å². The number of rotatable bonds is 4. The first kappa shape index (κ1) is 14.0. The maximum Gasteiger partial charge on any atom is 0.0641 e. The molecule has 1 saturated heterocycles. The zero-order chi connectivity index (χ0) is 13.7. The Labute approximate surface area is 116 Å². The number of hydrogen-bond acceptors (Lipinski definition) is 3. The number of benzene rings is 1. The minimum atomic E-state index is 0.244. The Hall–Kier alpha value is -1.37. The van der Waals surface area contributed by atoms with Gasteiger partial charge in [-0.25, -0.2) is 0 Å². The predicted molar refractivity (Wildman–Crippen MR) is 77.7 cm³/mol. The molecule has 2 atom stereocenters. The van der Waals surface area contributed by atoms with Crippen LogP contribution in [0.3, 0.4) is 0 Å². The fourth-order valence-corrected chi connectivity index (χ4v) is 2.91. The fourth-order valence-electron chi connectivity index (χ4n) is 2.91. The van der Waals surface area contributed by atoms with Gasteiger partial charge < -0.3 is 4.90 Å². The van der Waals surface area contributed by atoms with Crippen molar-refractivity contribution in [2.75, 3.05) is 27.2 Å². The largest absolute Gasteiger partial charge is 0.305 e. The Kier molecular flexibility index (Phi) is 4.95. The molecule has 1 heterocycles. The Bertz CT molecular complexity index is 421. The molecule has 0 aliphatic carbocycles. The highest BCUT2D eigenvalue weighted by Crippen LogP contribution is 2.28. The van der Waals surface area contributed by atoms with Gasteiger partial charge in [-0.15, -0.1) is 0 Å². The third-order valence-electron chi connectivity index (χ3n) is 4.07. The smallest absolute Gasteiger partial charge is 0.0641 e. The summed E-state index contributed by atoms with van der Waals surface area (Å²) in [6.45, 7) is 2.17. The van der Waals surface area contributed by atoms with E-state index in [0.717, 1.165) is 13.1 Å². The van der Waals surface area contributed by atoms with Gasteiger partial charge in [0, 0.05) is 18.6 Å². The minimum Gasteiger partial charge on any atom is -0.305 e. The average Bonchev–Trinajstić information content (AvgIpc) is 2.46. The average molecular weight is 257 g/mol. The molecule has 1 aromatic rings. The summed E-state index contributed by atoms with van der Waals surface area (Å²) in [5, 5.41) is 9.12. The molecule has 102 valence electrons. The van der Waals surface area contributed by atoms with Crippen LogP contribution in [0.25, 0.3) is 0 Å². The number of likely N-dealkylation sites (tertiary alicyclic amines) is 1. The van der Waals surface area contributed by atoms with Crippen molar-refractivity contribution in [2.24, 2.45) is 0 Å². The van der Waals surface area contributed by atoms with E-state index in [4.69, 9.17) is 5.26 Å². The minimum absolute atomic E-state index is 0.244. The number of nitrogens with zero attached hydrogens (tertiary/aromatic N) is 3. The van der Waals surface area contributed by atoms with Crippen LogP contribution in [0.15, 0.2) is 30.3 Å². The highest BCUT2D eigenvalue weighted by atomic mass is 15.2. The first-order chi connectivity index (χ1) is 9.22. The Morgan fingerprint density at radius 2 is 2.11 bits per heavy atom. The second-order valence-corrected chi connectivity index (χ2v) is 5.54. The monoisotopic (exact) mass is 257 g/mol. The zero-order valence-corrected chi connectivity index (χ0v) is 11.9. The maximum atomic E-state index is 9.12. The molecule has 0 radical (unpaired) electrons. The third kappa shape index (κ3) is 3.56. The number of likely N-dealkylation sites (N-methyl/N-ethyl adjacent to an activating group) is 1. The molecular formula is C16H23N3. The second-order valence-electron chi connectivity index (χ2n) is 5.54. The lowest BCUT2D eigenvalue weighted by atomic mass is 9.97. The molecule has 2 unspecified atom stereocenters. The molecule has 1 aliphatic rings. The van der Waals surface area contributed by atoms with E-state index in [-0.39, 0.29) is 6.04 Å². The van der Waals surface area contributed by atoms with Crippen molar-refractivity contribution in [3.05, 3.63) is 35.9 Å². The lowest BCUT2D eigenvalue weighted by Crippen LogP contribution is -2.46. The molecule has 0 bridgehead atoms. The molecule has 19 heavy (non-hydrogen) atoms. The predicted octanol–water partition coefficient (Wildman–Crippen LogP) is 2.67. The summed E-state index contributed by atoms with van der Waals surface area (Å²) in [6.07, 6.45) is 3.05. The molecule has 3 nitrogen and oxygen atoms in total. The Balaban J connectivity index is 2.13. The van der Waals surface area contributed by atoms with E-state index in [1.54, 1.807) is 0 Å². The summed E-state index contributed by atoms with van der Waals surface area (Å²) in [4.78, 5) is 4.79. The molecule has 1 fully saturated rings. The summed E-state index contributed by atoms with van der Waals surface area (Å²) in [5.74, 6) is 0. The first-order valence-electron chi connectivity index (χ1n) is 7.04. The molecule has 3 heteroatoms. The second kappa shape index (κ2) is 6.70. The van der Waals surface area contributed by atoms with Crippen molar-refractivity contribution in [3.63, 3.8) is 0 Å². The van der Waals surface area contributed by atoms with Crippen LogP contribution in [0.4, 0.5) is 0 Å². The van der Waals surface area contributed by atoms with Crippen LogP contribution in [0.2, 0.25) is 0 Å². The van der Waals surface area contributed by atoms with E-state index in [9.17, 15) is 0 Å². The number of nitriles is 1. The lowest BCUT2D eigenvalue weighted by molar-refractivity contribution is 0.0970. The fraction of sp³-hybridized carbons (Fsp3) is 0.562. The van der Waals surface area contributed by atoms with Crippen molar-refractivity contribution >= 4 is 0 Å². The van der Waals surface area contributed by atoms with Gasteiger partial charge in [0.25, 0.3) is 0 Å². The van der Waals surface area contributed by atoms with Gasteiger partial charge in [-0.3, -0.25) is 4.90 Å². The quantitative estimate of drug-likeness (QED) is 0.830. The Morgan fingerprint density at radius 1 is 1.37 bits per heavy atom. The van der Waals surface area contributed by atoms with Crippen molar-refractivity contribution in [1.29, 1.82) is 5.26 Å². The summed E-state index contributed by atoms with van der Waals surface area (Å²) in [7, 11) is 4.30. The van der Waals surface area contributed by atoms with E-state index in [2.05, 4.69) is 54.2 Å². The van der Waals surface area contributed by atoms with Gasteiger partial charge in [-0.1, -0.05) is 30.3 Å². The van der Waals surface area contributed by atoms with Gasteiger partial charge in [0.1, 0.15) is 0 Å². The highest BCUT2D eigenvalue weighted by molar-refractivity contribution is 5.20. The van der Waals surface area contributed by atoms with Gasteiger partial charge in [0.15, 0.2) is 0 Å². The van der Waals surface area contributed by atoms with Gasteiger partial charge in [0.05, 0.1) is 12.5 Å². The van der Waals surface area contributed by atoms with E-state index in [1.165, 1.54) is 18.4 Å². The van der Waals surface area contributed by atoms with Gasteiger partial charge >= 0.3 is 0 Å². The van der Waals surface area contributed by atoms with E-state index in [1.807, 2.05) is 6.07 Å². The van der Waals surface area contributed by atoms with E-state index >= 15 is 0 Å². The van der Waals surface area contributed by atoms with E-state index < -0.39 is 0 Å². The maximum absolute atomic E-state index is 9.12. The van der Waals surface area contributed by atoms with E-state index in [0.29, 0.717) is 12.5 Å². The SMILES string of the molecule is CN(C)C1CCCN(C(CC#N)c2ccccc2)C1. The molecule has 0 saturated carbocycles. The molecule has 1 aliphatic heterocycles. The zero-order valence-electron chi connectivity index (χ0n) is 11.9. The number of piperidine rings is 1. The normalized spacial score (nSPS) is 22.1. The topological polar surface area (TPSA) is 30.3 Å². The van der Waals surface area contributed by atoms with Crippen molar-refractivity contribution < 1.29 is 0 Å². The van der Waals surface area contributed by atoms with Crippen molar-refractivity contribution in [2.45, 2.75) is 31.3 Å². The number of hydrogen-bond donors (Lipinski definition) is 0. The summed E-state index contributed by atoms with van der Waals surface area (Å²) in [6, 6.07) is 13.6. The molecule has 1 aromatic carbocycles. The summed E-state index contributed by atoms with van der Waals surface area (Å²) < 4.78 is 0. The molecule has 2 rings (SSSR count). The molecule has 0 aromatic heterocycles. The summed E-state index contributed by atoms with van der Waals surface area (Å²) in [5.41, 5.74) is 1.27. The van der Waals surface area contributed by atoms with Crippen LogP contribution in [-0.4, -0.2) is 43.0 Å². The van der Waals surface area contributed by atoms with Crippen LogP contribution in [-0.2, 0) is 0 Å². The van der Waals surface area contributed by atoms with Gasteiger partial charge in [-0.2, -0.15) is 5.26 Å². The Morgan fingerprint density at radius 3 is 2.74 bits per heavy atom. The van der Waals surface area contributed by atoms with Crippen molar-refractivity contribution in [3.8, 4) is 6.07 Å². The lowest BCUT2D eigenvalue weighted by Gasteiger charge is -2.40. The summed E-state index contributed by atoms with van der Waals surface area (Å²) >= 11 is 0. The molecular weight excluding hydrogens is 234 g/mol. The van der Waals surface area contributed by atoms with Crippen LogP contribution >= 0.6 is 0 Å². The van der Waals surface area contributed by atoms with Crippen LogP contribution in [0.1, 0.15) is 30.9 Å². The first-order valence-corrected chi connectivity index (χ1v) is 7.04. The molecule has 0 spiro atoms. The third-order valence-corrected chi connectivity index (χ3v) is 4.07. The van der Waals surface area contributed by atoms with Gasteiger partial charge in [-0.05, 0) is 39.0 Å². The molecule has 0 amide bonds. The van der Waals surface area contributed by atoms with Gasteiger partial charge in [0.2, 0.25) is 0 Å². The molecule has 0 N–H and O–H groups in total. The van der Waals surface area contributed by atoms with Crippen LogP contribution in [0, 0.1) is 11.3 Å². The highest BCUT2D eigenvalue weighted by Gasteiger charge is 2.27.